The van der Waals surface area contributed by atoms with E-state index < -0.39 is 60.0 Å². The van der Waals surface area contributed by atoms with Crippen LogP contribution in [-0.2, 0) is 78.2 Å². The molecule has 698 valence electrons. The van der Waals surface area contributed by atoms with E-state index in [1.54, 1.807) is 83.4 Å². The number of nitriles is 1. The van der Waals surface area contributed by atoms with Crippen LogP contribution in [-0.4, -0.2) is 150 Å². The zero-order valence-electron chi connectivity index (χ0n) is 76.7. The Balaban J connectivity index is 0.000000328. The standard InChI is InChI=1S/C23H26N2O4S.C23H28N2O3S.C16H19BrN2O2.C11H15BrN2.C7H9BO4S.C6H6BrN.C5H7BrO3.C5H9N/c1-5-29-23(26)21-15-25(22(24-21)13-16(2)3)19-11-9-17(10-12-19)18-7-6-8-20(14-18)30(4,27)28;1-16(2)13-22-24-21(23(3,4)26)15-25(22)19-11-9-17(10-12-19)18-7-6-8-20(14-18)29(5,27)28;1-4-21-16(20)14-10-19(15(18-14)9-11(2)3)13-7-5-12(17)6-8-13;1-8(2)7-11(13)14-10-5-3-9(12)4-6-10;1-13(11,12)7-4-2-3-6(5-7)8(9)10;7-5-1-3-6(8)4-2-5;1-2-9-5(8)4(7)3-6;1-5(2)3-4-6/h6-12,14-16H,5,13H2,1-4H3;6-12,14-16,26H,13H2,1-5H3;5-8,10-11H,4,9H2,1-3H3;3-6,8H,7H2,1-2H3,(H2,13,14);2-5,9-10H,1H3;1-4H,8H2;2-3H2,1H3;5H,3H2,1-2H3. The third-order valence-corrected chi connectivity index (χ3v) is 23.0. The number of nitrogens with zero attached hydrogens (tertiary/aromatic N) is 8. The molecule has 26 nitrogen and oxygen atoms in total. The summed E-state index contributed by atoms with van der Waals surface area (Å²) in [6, 6.07) is 60.3. The first-order valence-corrected chi connectivity index (χ1v) is 50.9. The fraction of sp³-hybridized carbons (Fsp3) is 0.344. The van der Waals surface area contributed by atoms with Crippen LogP contribution in [0.5, 0.6) is 0 Å². The number of esters is 3. The van der Waals surface area contributed by atoms with E-state index in [1.807, 2.05) is 167 Å². The average Bonchev–Trinajstić information content (AvgIpc) is 1.65. The molecule has 7 N–H and O–H groups in total. The third-order valence-electron chi connectivity index (χ3n) is 17.6. The van der Waals surface area contributed by atoms with Crippen molar-refractivity contribution in [3.8, 4) is 45.4 Å². The van der Waals surface area contributed by atoms with Gasteiger partial charge in [-0.3, -0.25) is 4.79 Å². The minimum atomic E-state index is -3.28. The Morgan fingerprint density at radius 3 is 1.17 bits per heavy atom. The summed E-state index contributed by atoms with van der Waals surface area (Å²) >= 11 is 12.9. The first-order valence-electron chi connectivity index (χ1n) is 41.7. The second-order valence-electron chi connectivity index (χ2n) is 32.2. The number of aromatic nitrogens is 6. The molecule has 0 aliphatic heterocycles. The summed E-state index contributed by atoms with van der Waals surface area (Å²) < 4.78 is 92.9. The van der Waals surface area contributed by atoms with E-state index in [9.17, 15) is 49.5 Å². The highest BCUT2D eigenvalue weighted by Crippen LogP contribution is 2.30. The number of carbonyl (C=O) groups is 4. The van der Waals surface area contributed by atoms with Crippen LogP contribution >= 0.6 is 63.7 Å². The molecule has 0 atom stereocenters. The number of rotatable bonds is 27. The highest BCUT2D eigenvalue weighted by atomic mass is 79.9. The lowest BCUT2D eigenvalue weighted by Crippen LogP contribution is -2.30. The minimum absolute atomic E-state index is 0.0336. The Hall–Kier alpha value is -10.1. The molecule has 0 saturated carbocycles. The number of hydrogen-bond acceptors (Lipinski definition) is 22. The molecule has 11 aromatic rings. The fourth-order valence-electron chi connectivity index (χ4n) is 11.4. The summed E-state index contributed by atoms with van der Waals surface area (Å²) in [5, 5.41) is 35.9. The molecule has 0 saturated heterocycles. The molecule has 3 aromatic heterocycles. The Bertz CT molecular complexity index is 5860. The van der Waals surface area contributed by atoms with Crippen LogP contribution in [0.3, 0.4) is 0 Å². The van der Waals surface area contributed by atoms with E-state index in [-0.39, 0.29) is 38.9 Å². The second kappa shape index (κ2) is 54.7. The highest BCUT2D eigenvalue weighted by molar-refractivity contribution is 9.11. The smallest absolute Gasteiger partial charge is 0.461 e. The van der Waals surface area contributed by atoms with Crippen molar-refractivity contribution < 1.29 is 73.8 Å². The molecule has 3 heterocycles. The van der Waals surface area contributed by atoms with Crippen molar-refractivity contribution in [2.45, 2.75) is 156 Å². The number of amidine groups is 1. The number of ketones is 1. The largest absolute Gasteiger partial charge is 0.488 e. The van der Waals surface area contributed by atoms with Gasteiger partial charge in [-0.15, -0.1) is 0 Å². The van der Waals surface area contributed by atoms with Crippen molar-refractivity contribution in [3.63, 3.8) is 0 Å². The van der Waals surface area contributed by atoms with Crippen LogP contribution in [0, 0.1) is 40.9 Å². The first kappa shape index (κ1) is 112. The quantitative estimate of drug-likeness (QED) is 0.00466. The van der Waals surface area contributed by atoms with E-state index >= 15 is 0 Å². The van der Waals surface area contributed by atoms with Crippen LogP contribution in [0.1, 0.15) is 161 Å². The lowest BCUT2D eigenvalue weighted by molar-refractivity contribution is -0.152. The number of anilines is 1. The normalized spacial score (nSPS) is 11.2. The SMILES string of the molecule is CC(C)CC#N.CC(C)CC(N)=Nc1ccc(Br)cc1.CC(C)Cc1nc(C(C)(C)O)cn1-c1ccc(-c2cccc(S(C)(=O)=O)c2)cc1.CCOC(=O)C(=O)CBr.CCOC(=O)c1cn(-c2ccc(-c3cccc(S(C)(=O)=O)c3)cc2)c(CC(C)C)n1.CCOC(=O)c1cn(-c2ccc(Br)cc2)c(CC(C)C)n1.CS(=O)(=O)c1cccc(B(O)O)c1.Nc1ccc(Br)cc1. The third kappa shape index (κ3) is 40.3. The number of sulfone groups is 3. The van der Waals surface area contributed by atoms with Gasteiger partial charge in [0.15, 0.2) is 40.9 Å². The Kier molecular flexibility index (Phi) is 47.2. The topological polar surface area (TPSA) is 401 Å². The van der Waals surface area contributed by atoms with Crippen LogP contribution in [0.15, 0.2) is 246 Å². The molecule has 0 unspecified atom stereocenters. The zero-order chi connectivity index (χ0) is 97.6. The van der Waals surface area contributed by atoms with Gasteiger partial charge in [0.05, 0.1) is 63.1 Å². The number of aliphatic imine (C=N–C) groups is 1. The summed E-state index contributed by atoms with van der Waals surface area (Å²) in [6.45, 7) is 30.6. The first-order chi connectivity index (χ1) is 60.9. The number of carbonyl (C=O) groups excluding carboxylic acids is 4. The van der Waals surface area contributed by atoms with Crippen molar-refractivity contribution in [1.29, 1.82) is 5.26 Å². The predicted molar refractivity (Wildman–Crippen MR) is 532 cm³/mol. The van der Waals surface area contributed by atoms with Crippen LogP contribution in [0.4, 0.5) is 11.4 Å². The van der Waals surface area contributed by atoms with Crippen molar-refractivity contribution >= 4 is 147 Å². The predicted octanol–water partition coefficient (Wildman–Crippen LogP) is 19.1. The number of aliphatic hydroxyl groups is 1. The number of imidazole rings is 3. The molecule has 0 bridgehead atoms. The lowest BCUT2D eigenvalue weighted by Gasteiger charge is -2.13. The molecule has 0 radical (unpaired) electrons. The van der Waals surface area contributed by atoms with Gasteiger partial charge >= 0.3 is 25.0 Å². The molecule has 0 fully saturated rings. The molecule has 0 amide bonds. The monoisotopic (exact) mass is 2090 g/mol. The number of Topliss-reactive ketones (excluding diaryl/α,β-unsaturated/α-hetero) is 1. The molecule has 8 aromatic carbocycles. The molecule has 0 aliphatic carbocycles. The van der Waals surface area contributed by atoms with Gasteiger partial charge in [-0.05, 0) is 225 Å². The van der Waals surface area contributed by atoms with Crippen molar-refractivity contribution in [2.24, 2.45) is 40.3 Å². The van der Waals surface area contributed by atoms with Gasteiger partial charge in [0.2, 0.25) is 5.78 Å². The lowest BCUT2D eigenvalue weighted by atomic mass is 9.80. The Labute approximate surface area is 800 Å². The number of hydrogen-bond donors (Lipinski definition) is 5. The minimum Gasteiger partial charge on any atom is -0.461 e. The molecular formula is C96H119BBr4N10O16S3. The maximum atomic E-state index is 12.1. The van der Waals surface area contributed by atoms with Crippen molar-refractivity contribution in [1.82, 2.24) is 28.7 Å². The maximum absolute atomic E-state index is 12.1. The number of benzene rings is 8. The molecule has 34 heteroatoms. The van der Waals surface area contributed by atoms with Gasteiger partial charge < -0.3 is 54.5 Å². The van der Waals surface area contributed by atoms with Crippen molar-refractivity contribution in [2.75, 3.05) is 49.7 Å². The summed E-state index contributed by atoms with van der Waals surface area (Å²) in [7, 11) is -11.4. The van der Waals surface area contributed by atoms with Gasteiger partial charge in [-0.1, -0.05) is 194 Å². The average molecular weight is 2100 g/mol. The Morgan fingerprint density at radius 1 is 0.492 bits per heavy atom. The van der Waals surface area contributed by atoms with Gasteiger partial charge in [0, 0.05) is 106 Å². The van der Waals surface area contributed by atoms with Gasteiger partial charge in [0.1, 0.15) is 23.1 Å². The summed E-state index contributed by atoms with van der Waals surface area (Å²) in [5.41, 5.74) is 19.7. The molecule has 0 spiro atoms. The van der Waals surface area contributed by atoms with E-state index in [2.05, 4.69) is 150 Å². The molecule has 11 rings (SSSR count). The number of nitrogens with two attached hydrogens (primary N) is 2. The van der Waals surface area contributed by atoms with E-state index in [1.165, 1.54) is 36.8 Å². The summed E-state index contributed by atoms with van der Waals surface area (Å²) in [6.07, 6.45) is 12.7. The van der Waals surface area contributed by atoms with E-state index in [0.29, 0.717) is 71.3 Å². The summed E-state index contributed by atoms with van der Waals surface area (Å²) in [4.78, 5) is 63.3. The number of ether oxygens (including phenoxy) is 3. The van der Waals surface area contributed by atoms with Crippen LogP contribution in [0.25, 0.3) is 39.3 Å². The molecule has 0 aliphatic rings. The van der Waals surface area contributed by atoms with Crippen LogP contribution in [0.2, 0.25) is 0 Å². The van der Waals surface area contributed by atoms with Gasteiger partial charge in [0.25, 0.3) is 0 Å². The molecule has 130 heavy (non-hydrogen) atoms. The highest BCUT2D eigenvalue weighted by Gasteiger charge is 2.25. The van der Waals surface area contributed by atoms with Crippen LogP contribution < -0.4 is 16.9 Å². The fourth-order valence-corrected chi connectivity index (χ4v) is 14.4. The van der Waals surface area contributed by atoms with E-state index in [4.69, 9.17) is 36.3 Å². The second-order valence-corrected chi connectivity index (χ2v) is 41.5. The Morgan fingerprint density at radius 2 is 0.846 bits per heavy atom. The summed E-state index contributed by atoms with van der Waals surface area (Å²) in [5.74, 6) is 3.49. The van der Waals surface area contributed by atoms with E-state index in [0.717, 1.165) is 114 Å². The molecular weight excluding hydrogens is 1980 g/mol. The number of nitrogen functional groups attached to an aromatic ring is 1. The zero-order valence-corrected chi connectivity index (χ0v) is 85.4. The number of alkyl halides is 1. The maximum Gasteiger partial charge on any atom is 0.488 e. The number of halogens is 4. The van der Waals surface area contributed by atoms with Gasteiger partial charge in [-0.25, -0.2) is 59.6 Å². The van der Waals surface area contributed by atoms with Gasteiger partial charge in [-0.2, -0.15) is 5.26 Å². The van der Waals surface area contributed by atoms with Crippen molar-refractivity contribution in [3.05, 3.63) is 261 Å².